The Kier molecular flexibility index (Phi) is 7.62. The number of anilines is 2. The van der Waals surface area contributed by atoms with Gasteiger partial charge in [0.2, 0.25) is 5.95 Å². The number of imidazole rings is 1. The highest BCUT2D eigenvalue weighted by Gasteiger charge is 2.34. The lowest BCUT2D eigenvalue weighted by Crippen LogP contribution is -2.29. The van der Waals surface area contributed by atoms with Gasteiger partial charge in [-0.3, -0.25) is 4.79 Å². The second-order valence-electron chi connectivity index (χ2n) is 11.5. The summed E-state index contributed by atoms with van der Waals surface area (Å²) in [6.07, 6.45) is 4.65. The van der Waals surface area contributed by atoms with Gasteiger partial charge >= 0.3 is 5.97 Å². The number of ether oxygens (including phenoxy) is 2. The van der Waals surface area contributed by atoms with Crippen LogP contribution in [0.15, 0.2) is 36.4 Å². The van der Waals surface area contributed by atoms with Gasteiger partial charge in [-0.15, -0.1) is 0 Å². The van der Waals surface area contributed by atoms with Crippen LogP contribution in [0.4, 0.5) is 11.6 Å². The quantitative estimate of drug-likeness (QED) is 0.333. The molecule has 1 aliphatic rings. The summed E-state index contributed by atoms with van der Waals surface area (Å²) < 4.78 is 13.1. The number of benzene rings is 2. The molecule has 4 rings (SSSR count). The maximum Gasteiger partial charge on any atom is 0.305 e. The second-order valence-corrected chi connectivity index (χ2v) is 11.5. The Bertz CT molecular complexity index is 1210. The molecule has 1 saturated carbocycles. The molecule has 1 fully saturated rings. The van der Waals surface area contributed by atoms with Crippen LogP contribution in [-0.2, 0) is 16.0 Å². The van der Waals surface area contributed by atoms with Crippen LogP contribution in [0.2, 0.25) is 0 Å². The number of carbonyl (C=O) groups is 1. The minimum atomic E-state index is -0.189. The Morgan fingerprint density at radius 1 is 1.19 bits per heavy atom. The normalized spacial score (nSPS) is 19.4. The number of aryl methyl sites for hydroxylation is 2. The first-order valence-electron chi connectivity index (χ1n) is 13.2. The average Bonchev–Trinajstić information content (AvgIpc) is 3.13. The number of nitrogens with zero attached hydrogens (tertiary/aromatic N) is 2. The van der Waals surface area contributed by atoms with Crippen molar-refractivity contribution in [2.24, 2.45) is 11.3 Å². The van der Waals surface area contributed by atoms with E-state index in [0.29, 0.717) is 24.8 Å². The van der Waals surface area contributed by atoms with Gasteiger partial charge in [0.1, 0.15) is 5.75 Å². The summed E-state index contributed by atoms with van der Waals surface area (Å²) in [5.74, 6) is 2.18. The van der Waals surface area contributed by atoms with Crippen LogP contribution in [0, 0.1) is 18.3 Å². The van der Waals surface area contributed by atoms with Crippen molar-refractivity contribution >= 4 is 28.6 Å². The molecule has 6 heteroatoms. The van der Waals surface area contributed by atoms with Crippen molar-refractivity contribution < 1.29 is 14.3 Å². The average molecular weight is 492 g/mol. The minimum absolute atomic E-state index is 0.140. The Morgan fingerprint density at radius 3 is 2.56 bits per heavy atom. The molecule has 1 aromatic heterocycles. The first-order chi connectivity index (χ1) is 17.0. The zero-order valence-electron chi connectivity index (χ0n) is 22.9. The number of rotatable bonds is 8. The van der Waals surface area contributed by atoms with Crippen LogP contribution in [0.5, 0.6) is 5.75 Å². The molecule has 0 spiro atoms. The van der Waals surface area contributed by atoms with Gasteiger partial charge in [0.05, 0.1) is 24.2 Å². The van der Waals surface area contributed by atoms with Gasteiger partial charge in [0, 0.05) is 18.2 Å². The molecule has 36 heavy (non-hydrogen) atoms. The van der Waals surface area contributed by atoms with Crippen LogP contribution in [0.1, 0.15) is 77.5 Å². The Labute approximate surface area is 215 Å². The summed E-state index contributed by atoms with van der Waals surface area (Å²) in [7, 11) is 1.44. The number of esters is 1. The van der Waals surface area contributed by atoms with Gasteiger partial charge in [0.15, 0.2) is 0 Å². The maximum absolute atomic E-state index is 11.7. The molecule has 2 atom stereocenters. The van der Waals surface area contributed by atoms with Crippen molar-refractivity contribution in [2.75, 3.05) is 12.4 Å². The zero-order valence-corrected chi connectivity index (χ0v) is 22.9. The highest BCUT2D eigenvalue weighted by molar-refractivity contribution is 5.82. The third-order valence-electron chi connectivity index (χ3n) is 7.18. The molecule has 1 aliphatic carbocycles. The lowest BCUT2D eigenvalue weighted by atomic mass is 9.70. The molecule has 1 heterocycles. The van der Waals surface area contributed by atoms with E-state index in [1.165, 1.54) is 19.1 Å². The number of fused-ring (bicyclic) bond motifs is 1. The number of carbonyl (C=O) groups excluding carboxylic acids is 1. The third-order valence-corrected chi connectivity index (χ3v) is 7.18. The van der Waals surface area contributed by atoms with Crippen molar-refractivity contribution in [1.29, 1.82) is 0 Å². The summed E-state index contributed by atoms with van der Waals surface area (Å²) in [4.78, 5) is 16.8. The van der Waals surface area contributed by atoms with Gasteiger partial charge < -0.3 is 19.4 Å². The minimum Gasteiger partial charge on any atom is -0.491 e. The first-order valence-corrected chi connectivity index (χ1v) is 13.2. The molecule has 194 valence electrons. The van der Waals surface area contributed by atoms with Crippen LogP contribution in [0.25, 0.3) is 11.0 Å². The molecule has 0 radical (unpaired) electrons. The van der Waals surface area contributed by atoms with E-state index in [9.17, 15) is 4.79 Å². The molecule has 1 N–H and O–H groups in total. The van der Waals surface area contributed by atoms with Gasteiger partial charge in [-0.2, -0.15) is 0 Å². The third kappa shape index (κ3) is 6.03. The topological polar surface area (TPSA) is 65.4 Å². The summed E-state index contributed by atoms with van der Waals surface area (Å²) in [5.41, 5.74) is 5.68. The highest BCUT2D eigenvalue weighted by Crippen LogP contribution is 2.46. The van der Waals surface area contributed by atoms with E-state index in [2.05, 4.69) is 49.7 Å². The SMILES string of the molecule is COC(=O)CCc1cc2nc(Nc3ccc(OC(C)C)cc3)n(C3CC(C)CC(C)(C)C3)c2cc1C. The van der Waals surface area contributed by atoms with E-state index in [4.69, 9.17) is 14.5 Å². The number of hydrogen-bond acceptors (Lipinski definition) is 5. The lowest BCUT2D eigenvalue weighted by Gasteiger charge is -2.40. The molecule has 0 bridgehead atoms. The van der Waals surface area contributed by atoms with Gasteiger partial charge in [-0.05, 0) is 105 Å². The summed E-state index contributed by atoms with van der Waals surface area (Å²) >= 11 is 0. The number of nitrogens with one attached hydrogen (secondary N) is 1. The molecule has 6 nitrogen and oxygen atoms in total. The molecule has 2 aromatic carbocycles. The molecule has 3 aromatic rings. The van der Waals surface area contributed by atoms with Gasteiger partial charge in [0.25, 0.3) is 0 Å². The summed E-state index contributed by atoms with van der Waals surface area (Å²) in [6.45, 7) is 13.3. The van der Waals surface area contributed by atoms with Gasteiger partial charge in [-0.25, -0.2) is 4.98 Å². The number of hydrogen-bond donors (Lipinski definition) is 1. The summed E-state index contributed by atoms with van der Waals surface area (Å²) in [5, 5.41) is 3.60. The first kappa shape index (κ1) is 26.1. The van der Waals surface area contributed by atoms with Crippen molar-refractivity contribution in [3.63, 3.8) is 0 Å². The van der Waals surface area contributed by atoms with Crippen LogP contribution < -0.4 is 10.1 Å². The molecule has 0 aliphatic heterocycles. The van der Waals surface area contributed by atoms with Crippen molar-refractivity contribution in [3.05, 3.63) is 47.5 Å². The number of methoxy groups -OCH3 is 1. The smallest absolute Gasteiger partial charge is 0.305 e. The van der Waals surface area contributed by atoms with Crippen molar-refractivity contribution in [2.45, 2.75) is 85.8 Å². The Balaban J connectivity index is 1.73. The largest absolute Gasteiger partial charge is 0.491 e. The Morgan fingerprint density at radius 2 is 1.92 bits per heavy atom. The molecule has 0 amide bonds. The summed E-state index contributed by atoms with van der Waals surface area (Å²) in [6, 6.07) is 12.8. The van der Waals surface area contributed by atoms with E-state index in [-0.39, 0.29) is 17.5 Å². The fourth-order valence-electron chi connectivity index (χ4n) is 5.87. The van der Waals surface area contributed by atoms with E-state index < -0.39 is 0 Å². The highest BCUT2D eigenvalue weighted by atomic mass is 16.5. The fraction of sp³-hybridized carbons (Fsp3) is 0.533. The molecular formula is C30H41N3O3. The van der Waals surface area contributed by atoms with E-state index >= 15 is 0 Å². The second kappa shape index (κ2) is 10.5. The van der Waals surface area contributed by atoms with E-state index in [0.717, 1.165) is 46.8 Å². The van der Waals surface area contributed by atoms with E-state index in [1.54, 1.807) is 0 Å². The van der Waals surface area contributed by atoms with Gasteiger partial charge in [-0.1, -0.05) is 20.8 Å². The lowest BCUT2D eigenvalue weighted by molar-refractivity contribution is -0.140. The Hall–Kier alpha value is -3.02. The van der Waals surface area contributed by atoms with Crippen molar-refractivity contribution in [3.8, 4) is 5.75 Å². The maximum atomic E-state index is 11.7. The zero-order chi connectivity index (χ0) is 26.0. The van der Waals surface area contributed by atoms with Crippen LogP contribution in [-0.4, -0.2) is 28.7 Å². The molecular weight excluding hydrogens is 450 g/mol. The standard InChI is InChI=1S/C30H41N3O3/c1-19(2)36-25-11-9-23(10-12-25)31-29-32-26-16-22(8-13-28(34)35-7)21(4)15-27(26)33(29)24-14-20(3)17-30(5,6)18-24/h9-12,15-16,19-20,24H,8,13-14,17-18H2,1-7H3,(H,31,32). The predicted octanol–water partition coefficient (Wildman–Crippen LogP) is 7.37. The van der Waals surface area contributed by atoms with Crippen molar-refractivity contribution in [1.82, 2.24) is 9.55 Å². The molecule has 0 saturated heterocycles. The molecule has 2 unspecified atom stereocenters. The van der Waals surface area contributed by atoms with Crippen LogP contribution >= 0.6 is 0 Å². The van der Waals surface area contributed by atoms with E-state index in [1.807, 2.05) is 38.1 Å². The monoisotopic (exact) mass is 491 g/mol. The van der Waals surface area contributed by atoms with Crippen LogP contribution in [0.3, 0.4) is 0 Å². The fourth-order valence-corrected chi connectivity index (χ4v) is 5.87. The number of aromatic nitrogens is 2. The predicted molar refractivity (Wildman–Crippen MR) is 146 cm³/mol.